The van der Waals surface area contributed by atoms with Crippen molar-refractivity contribution in [3.63, 3.8) is 0 Å². The summed E-state index contributed by atoms with van der Waals surface area (Å²) in [4.78, 5) is 30.0. The quantitative estimate of drug-likeness (QED) is 0.499. The fourth-order valence-corrected chi connectivity index (χ4v) is 5.04. The van der Waals surface area contributed by atoms with Crippen LogP contribution >= 0.6 is 0 Å². The van der Waals surface area contributed by atoms with Gasteiger partial charge in [-0.05, 0) is 97.5 Å². The van der Waals surface area contributed by atoms with Gasteiger partial charge in [-0.1, -0.05) is 18.2 Å². The van der Waals surface area contributed by atoms with Crippen LogP contribution in [0.5, 0.6) is 0 Å². The number of hydrogen-bond acceptors (Lipinski definition) is 6. The molecular formula is C29H42N4O4. The van der Waals surface area contributed by atoms with Crippen molar-refractivity contribution in [2.45, 2.75) is 90.9 Å². The maximum absolute atomic E-state index is 13.0. The van der Waals surface area contributed by atoms with Crippen LogP contribution in [0.15, 0.2) is 30.5 Å². The highest BCUT2D eigenvalue weighted by atomic mass is 16.6. The Hall–Kier alpha value is -2.87. The van der Waals surface area contributed by atoms with Crippen LogP contribution in [-0.2, 0) is 16.0 Å². The molecular weight excluding hydrogens is 468 g/mol. The first-order valence-corrected chi connectivity index (χ1v) is 13.5. The summed E-state index contributed by atoms with van der Waals surface area (Å²) in [6, 6.07) is 8.50. The molecule has 0 aliphatic carbocycles. The molecule has 2 saturated heterocycles. The van der Waals surface area contributed by atoms with Gasteiger partial charge in [0, 0.05) is 37.3 Å². The van der Waals surface area contributed by atoms with Crippen molar-refractivity contribution in [2.24, 2.45) is 0 Å². The Morgan fingerprint density at radius 2 is 1.62 bits per heavy atom. The summed E-state index contributed by atoms with van der Waals surface area (Å²) in [5, 5.41) is 4.75. The molecule has 1 aromatic heterocycles. The average Bonchev–Trinajstić information content (AvgIpc) is 3.47. The predicted octanol–water partition coefficient (Wildman–Crippen LogP) is 6.04. The number of rotatable bonds is 4. The molecule has 0 bridgehead atoms. The zero-order valence-electron chi connectivity index (χ0n) is 23.2. The summed E-state index contributed by atoms with van der Waals surface area (Å²) >= 11 is 0. The summed E-state index contributed by atoms with van der Waals surface area (Å²) in [7, 11) is 0. The monoisotopic (exact) mass is 510 g/mol. The van der Waals surface area contributed by atoms with E-state index < -0.39 is 17.3 Å². The van der Waals surface area contributed by atoms with Crippen LogP contribution in [0, 0.1) is 0 Å². The molecule has 1 aromatic carbocycles. The molecule has 4 rings (SSSR count). The van der Waals surface area contributed by atoms with E-state index in [4.69, 9.17) is 14.6 Å². The van der Waals surface area contributed by atoms with Gasteiger partial charge in [-0.2, -0.15) is 9.78 Å². The third-order valence-electron chi connectivity index (χ3n) is 6.63. The predicted molar refractivity (Wildman–Crippen MR) is 144 cm³/mol. The lowest BCUT2D eigenvalue weighted by Crippen LogP contribution is -2.42. The number of carbonyl (C=O) groups excluding carboxylic acids is 2. The van der Waals surface area contributed by atoms with Crippen LogP contribution < -0.4 is 0 Å². The number of carbonyl (C=O) groups is 2. The molecule has 0 spiro atoms. The number of benzene rings is 1. The third-order valence-corrected chi connectivity index (χ3v) is 6.63. The summed E-state index contributed by atoms with van der Waals surface area (Å²) in [6.07, 6.45) is 5.20. The molecule has 1 unspecified atom stereocenters. The van der Waals surface area contributed by atoms with Crippen LogP contribution in [0.3, 0.4) is 0 Å². The zero-order valence-corrected chi connectivity index (χ0v) is 23.2. The topological polar surface area (TPSA) is 76.9 Å². The largest absolute Gasteiger partial charge is 0.444 e. The van der Waals surface area contributed by atoms with Gasteiger partial charge in [0.15, 0.2) is 0 Å². The molecule has 8 heteroatoms. The van der Waals surface area contributed by atoms with Crippen molar-refractivity contribution < 1.29 is 19.1 Å². The molecule has 3 heterocycles. The average molecular weight is 511 g/mol. The second-order valence-electron chi connectivity index (χ2n) is 12.3. The molecule has 1 atom stereocenters. The molecule has 202 valence electrons. The van der Waals surface area contributed by atoms with E-state index in [-0.39, 0.29) is 12.0 Å². The van der Waals surface area contributed by atoms with Gasteiger partial charge in [-0.15, -0.1) is 0 Å². The van der Waals surface area contributed by atoms with Crippen molar-refractivity contribution in [1.29, 1.82) is 0 Å². The molecule has 2 aromatic rings. The number of nitrogens with zero attached hydrogens (tertiary/aromatic N) is 4. The fraction of sp³-hybridized carbons (Fsp3) is 0.621. The van der Waals surface area contributed by atoms with E-state index >= 15 is 0 Å². The highest BCUT2D eigenvalue weighted by molar-refractivity contribution is 5.75. The minimum absolute atomic E-state index is 0.0119. The minimum Gasteiger partial charge on any atom is -0.444 e. The number of ether oxygens (including phenoxy) is 2. The molecule has 0 N–H and O–H groups in total. The van der Waals surface area contributed by atoms with E-state index in [2.05, 4.69) is 29.2 Å². The van der Waals surface area contributed by atoms with Crippen molar-refractivity contribution in [1.82, 2.24) is 19.6 Å². The molecule has 37 heavy (non-hydrogen) atoms. The fourth-order valence-electron chi connectivity index (χ4n) is 5.04. The maximum Gasteiger partial charge on any atom is 0.435 e. The Morgan fingerprint density at radius 1 is 0.946 bits per heavy atom. The van der Waals surface area contributed by atoms with Crippen LogP contribution in [-0.4, -0.2) is 69.1 Å². The lowest BCUT2D eigenvalue weighted by Gasteiger charge is -2.33. The van der Waals surface area contributed by atoms with E-state index in [9.17, 15) is 9.59 Å². The van der Waals surface area contributed by atoms with Crippen LogP contribution in [0.2, 0.25) is 0 Å². The third kappa shape index (κ3) is 7.34. The maximum atomic E-state index is 13.0. The molecule has 2 fully saturated rings. The van der Waals surface area contributed by atoms with Gasteiger partial charge in [-0.25, -0.2) is 9.59 Å². The smallest absolute Gasteiger partial charge is 0.435 e. The minimum atomic E-state index is -0.628. The lowest BCUT2D eigenvalue weighted by atomic mass is 9.90. The standard InChI is InChI=1S/C29H42N4O4/c1-28(2,3)36-26(34)32-16-10-13-23(19-32)25-24(20-33(30-25)27(35)37-29(4,5)6)22-12-9-11-21(17-22)18-31-14-7-8-15-31/h9,11-12,17,20,23H,7-8,10,13-16,18-19H2,1-6H3. The summed E-state index contributed by atoms with van der Waals surface area (Å²) < 4.78 is 12.6. The number of amides is 1. The van der Waals surface area contributed by atoms with Crippen molar-refractivity contribution in [3.05, 3.63) is 41.7 Å². The Kier molecular flexibility index (Phi) is 7.97. The van der Waals surface area contributed by atoms with Gasteiger partial charge < -0.3 is 14.4 Å². The van der Waals surface area contributed by atoms with Crippen LogP contribution in [0.4, 0.5) is 9.59 Å². The van der Waals surface area contributed by atoms with Gasteiger partial charge in [0.1, 0.15) is 11.2 Å². The summed E-state index contributed by atoms with van der Waals surface area (Å²) in [5.41, 5.74) is 2.81. The van der Waals surface area contributed by atoms with E-state index in [0.29, 0.717) is 13.1 Å². The van der Waals surface area contributed by atoms with Crippen molar-refractivity contribution >= 4 is 12.2 Å². The van der Waals surface area contributed by atoms with Gasteiger partial charge in [0.25, 0.3) is 0 Å². The van der Waals surface area contributed by atoms with Gasteiger partial charge in [0.05, 0.1) is 5.69 Å². The molecule has 0 radical (unpaired) electrons. The number of hydrogen-bond donors (Lipinski definition) is 0. The SMILES string of the molecule is CC(C)(C)OC(=O)N1CCCC(c2nn(C(=O)OC(C)(C)C)cc2-c2cccc(CN3CCCC3)c2)C1. The highest BCUT2D eigenvalue weighted by Crippen LogP contribution is 2.35. The van der Waals surface area contributed by atoms with E-state index in [0.717, 1.165) is 49.3 Å². The second-order valence-corrected chi connectivity index (χ2v) is 12.3. The number of aromatic nitrogens is 2. The summed E-state index contributed by atoms with van der Waals surface area (Å²) in [6.45, 7) is 15.5. The zero-order chi connectivity index (χ0) is 26.8. The Balaban J connectivity index is 1.65. The normalized spacial score (nSPS) is 19.2. The number of piperidine rings is 1. The van der Waals surface area contributed by atoms with E-state index in [1.165, 1.54) is 23.1 Å². The van der Waals surface area contributed by atoms with E-state index in [1.807, 2.05) is 41.5 Å². The molecule has 2 aliphatic rings. The Labute approximate surface area is 220 Å². The summed E-state index contributed by atoms with van der Waals surface area (Å²) in [5.74, 6) is -0.0119. The van der Waals surface area contributed by atoms with Crippen LogP contribution in [0.25, 0.3) is 11.1 Å². The first-order valence-electron chi connectivity index (χ1n) is 13.5. The van der Waals surface area contributed by atoms with E-state index in [1.54, 1.807) is 11.1 Å². The van der Waals surface area contributed by atoms with Gasteiger partial charge in [0.2, 0.25) is 0 Å². The molecule has 0 saturated carbocycles. The molecule has 2 aliphatic heterocycles. The van der Waals surface area contributed by atoms with Gasteiger partial charge in [-0.3, -0.25) is 4.90 Å². The Bertz CT molecular complexity index is 1110. The molecule has 1 amide bonds. The second kappa shape index (κ2) is 10.9. The van der Waals surface area contributed by atoms with Crippen LogP contribution in [0.1, 0.15) is 84.4 Å². The lowest BCUT2D eigenvalue weighted by molar-refractivity contribution is 0.0196. The Morgan fingerprint density at radius 3 is 2.30 bits per heavy atom. The highest BCUT2D eigenvalue weighted by Gasteiger charge is 2.32. The van der Waals surface area contributed by atoms with Gasteiger partial charge >= 0.3 is 12.2 Å². The molecule has 8 nitrogen and oxygen atoms in total. The van der Waals surface area contributed by atoms with Crippen molar-refractivity contribution in [2.75, 3.05) is 26.2 Å². The first-order chi connectivity index (χ1) is 17.4. The van der Waals surface area contributed by atoms with Crippen molar-refractivity contribution in [3.8, 4) is 11.1 Å². The number of likely N-dealkylation sites (tertiary alicyclic amines) is 2. The first kappa shape index (κ1) is 27.2.